The van der Waals surface area contributed by atoms with Crippen molar-refractivity contribution < 1.29 is 12.8 Å². The molecule has 0 aliphatic rings. The number of sulfonamides is 1. The lowest BCUT2D eigenvalue weighted by Crippen LogP contribution is -2.23. The van der Waals surface area contributed by atoms with Gasteiger partial charge in [-0.25, -0.2) is 8.42 Å². The van der Waals surface area contributed by atoms with Crippen molar-refractivity contribution in [3.63, 3.8) is 0 Å². The fourth-order valence-corrected chi connectivity index (χ4v) is 2.77. The molecule has 1 aromatic heterocycles. The molecule has 2 rings (SSSR count). The van der Waals surface area contributed by atoms with Crippen LogP contribution in [0.3, 0.4) is 0 Å². The van der Waals surface area contributed by atoms with Crippen LogP contribution in [0.25, 0.3) is 0 Å². The Bertz CT molecular complexity index is 758. The number of anilines is 1. The van der Waals surface area contributed by atoms with E-state index in [0.29, 0.717) is 23.9 Å². The van der Waals surface area contributed by atoms with Crippen LogP contribution in [0.4, 0.5) is 5.69 Å². The van der Waals surface area contributed by atoms with Gasteiger partial charge in [0.2, 0.25) is 21.8 Å². The van der Waals surface area contributed by atoms with E-state index < -0.39 is 10.0 Å². The maximum absolute atomic E-state index is 11.3. The summed E-state index contributed by atoms with van der Waals surface area (Å²) < 4.78 is 30.7. The van der Waals surface area contributed by atoms with Crippen LogP contribution in [0.15, 0.2) is 28.7 Å². The highest BCUT2D eigenvalue weighted by atomic mass is 32.2. The highest BCUT2D eigenvalue weighted by Crippen LogP contribution is 2.21. The number of aromatic nitrogens is 2. The maximum atomic E-state index is 11.3. The quantitative estimate of drug-likeness (QED) is 0.804. The van der Waals surface area contributed by atoms with Crippen molar-refractivity contribution >= 4 is 15.7 Å². The highest BCUT2D eigenvalue weighted by Gasteiger charge is 2.17. The predicted octanol–water partition coefficient (Wildman–Crippen LogP) is 2.42. The lowest BCUT2D eigenvalue weighted by molar-refractivity contribution is 0.374. The lowest BCUT2D eigenvalue weighted by atomic mass is 10.1. The van der Waals surface area contributed by atoms with Crippen LogP contribution >= 0.6 is 0 Å². The van der Waals surface area contributed by atoms with Crippen molar-refractivity contribution in [1.29, 1.82) is 0 Å². The number of nitrogens with zero attached hydrogens (tertiary/aromatic N) is 2. The second kappa shape index (κ2) is 7.10. The minimum atomic E-state index is -3.29. The van der Waals surface area contributed by atoms with Gasteiger partial charge in [-0.3, -0.25) is 10.0 Å². The summed E-state index contributed by atoms with van der Waals surface area (Å²) in [5.74, 6) is 1.15. The van der Waals surface area contributed by atoms with Crippen LogP contribution < -0.4 is 10.0 Å². The molecule has 1 aromatic carbocycles. The minimum Gasteiger partial charge on any atom is -0.424 e. The zero-order chi connectivity index (χ0) is 17.0. The number of aryl methyl sites for hydroxylation is 1. The Morgan fingerprint density at radius 3 is 2.57 bits per heavy atom. The van der Waals surface area contributed by atoms with Gasteiger partial charge in [-0.2, -0.15) is 0 Å². The van der Waals surface area contributed by atoms with E-state index in [-0.39, 0.29) is 12.1 Å². The fraction of sp³-hybridized carbons (Fsp3) is 0.467. The third kappa shape index (κ3) is 5.04. The summed E-state index contributed by atoms with van der Waals surface area (Å²) in [4.78, 5) is 0. The van der Waals surface area contributed by atoms with Crippen LogP contribution in [0.2, 0.25) is 0 Å². The van der Waals surface area contributed by atoms with Gasteiger partial charge in [0.15, 0.2) is 0 Å². The normalized spacial score (nSPS) is 14.4. The molecule has 8 heteroatoms. The molecule has 0 aliphatic carbocycles. The van der Waals surface area contributed by atoms with Gasteiger partial charge in [0.1, 0.15) is 0 Å². The van der Waals surface area contributed by atoms with Crippen molar-refractivity contribution in [2.24, 2.45) is 0 Å². The Hall–Kier alpha value is -1.93. The Morgan fingerprint density at radius 1 is 1.22 bits per heavy atom. The smallest absolute Gasteiger partial charge is 0.233 e. The number of nitrogens with one attached hydrogen (secondary N) is 2. The van der Waals surface area contributed by atoms with Gasteiger partial charge in [0.05, 0.1) is 12.3 Å². The average molecular weight is 338 g/mol. The van der Waals surface area contributed by atoms with E-state index in [2.05, 4.69) is 20.2 Å². The molecule has 2 atom stereocenters. The van der Waals surface area contributed by atoms with E-state index in [1.54, 1.807) is 12.1 Å². The Kier molecular flexibility index (Phi) is 5.38. The molecular formula is C15H22N4O3S. The van der Waals surface area contributed by atoms with E-state index in [0.717, 1.165) is 11.8 Å². The van der Waals surface area contributed by atoms with Crippen LogP contribution in [-0.4, -0.2) is 24.9 Å². The van der Waals surface area contributed by atoms with Gasteiger partial charge < -0.3 is 4.42 Å². The number of hydrogen-bond donors (Lipinski definition) is 2. The molecule has 0 bridgehead atoms. The van der Waals surface area contributed by atoms with E-state index >= 15 is 0 Å². The van der Waals surface area contributed by atoms with Crippen LogP contribution in [0.1, 0.15) is 50.2 Å². The van der Waals surface area contributed by atoms with Gasteiger partial charge in [0, 0.05) is 18.2 Å². The summed E-state index contributed by atoms with van der Waals surface area (Å²) in [6, 6.07) is 7.15. The first kappa shape index (κ1) is 17.4. The monoisotopic (exact) mass is 338 g/mol. The molecule has 2 N–H and O–H groups in total. The van der Waals surface area contributed by atoms with Crippen LogP contribution in [0, 0.1) is 0 Å². The maximum Gasteiger partial charge on any atom is 0.233 e. The van der Waals surface area contributed by atoms with Crippen molar-refractivity contribution in [1.82, 2.24) is 15.5 Å². The molecule has 126 valence electrons. The summed E-state index contributed by atoms with van der Waals surface area (Å²) >= 11 is 0. The second-order valence-electron chi connectivity index (χ2n) is 5.50. The summed E-state index contributed by atoms with van der Waals surface area (Å²) in [5, 5.41) is 11.4. The number of hydrogen-bond acceptors (Lipinski definition) is 6. The van der Waals surface area contributed by atoms with E-state index in [4.69, 9.17) is 4.42 Å². The summed E-state index contributed by atoms with van der Waals surface area (Å²) in [6.45, 7) is 5.90. The van der Waals surface area contributed by atoms with Gasteiger partial charge >= 0.3 is 0 Å². The molecule has 7 nitrogen and oxygen atoms in total. The van der Waals surface area contributed by atoms with E-state index in [1.807, 2.05) is 32.9 Å². The summed E-state index contributed by atoms with van der Waals surface area (Å²) in [6.07, 6.45) is 1.83. The van der Waals surface area contributed by atoms with Crippen molar-refractivity contribution in [2.75, 3.05) is 11.0 Å². The van der Waals surface area contributed by atoms with Crippen molar-refractivity contribution in [3.8, 4) is 0 Å². The molecule has 0 unspecified atom stereocenters. The first-order valence-electron chi connectivity index (χ1n) is 7.44. The van der Waals surface area contributed by atoms with E-state index in [9.17, 15) is 8.42 Å². The van der Waals surface area contributed by atoms with Gasteiger partial charge in [-0.15, -0.1) is 10.2 Å². The third-order valence-electron chi connectivity index (χ3n) is 3.35. The molecular weight excluding hydrogens is 316 g/mol. The Labute approximate surface area is 136 Å². The molecule has 0 amide bonds. The number of benzene rings is 1. The van der Waals surface area contributed by atoms with Gasteiger partial charge in [-0.05, 0) is 31.5 Å². The third-order valence-corrected chi connectivity index (χ3v) is 3.95. The summed E-state index contributed by atoms with van der Waals surface area (Å²) in [5.41, 5.74) is 1.50. The number of rotatable bonds is 7. The molecule has 0 aliphatic heterocycles. The highest BCUT2D eigenvalue weighted by molar-refractivity contribution is 7.92. The van der Waals surface area contributed by atoms with Crippen molar-refractivity contribution in [3.05, 3.63) is 41.6 Å². The summed E-state index contributed by atoms with van der Waals surface area (Å²) in [7, 11) is -3.29. The first-order chi connectivity index (χ1) is 10.8. The second-order valence-corrected chi connectivity index (χ2v) is 7.25. The van der Waals surface area contributed by atoms with Gasteiger partial charge in [-0.1, -0.05) is 19.1 Å². The van der Waals surface area contributed by atoms with Gasteiger partial charge in [0.25, 0.3) is 0 Å². The molecule has 2 aromatic rings. The first-order valence-corrected chi connectivity index (χ1v) is 9.33. The van der Waals surface area contributed by atoms with E-state index in [1.165, 1.54) is 0 Å². The molecule has 1 heterocycles. The van der Waals surface area contributed by atoms with Crippen LogP contribution in [0.5, 0.6) is 0 Å². The molecule has 0 saturated carbocycles. The largest absolute Gasteiger partial charge is 0.424 e. The molecule has 0 saturated heterocycles. The topological polar surface area (TPSA) is 97.1 Å². The molecule has 0 spiro atoms. The molecule has 0 radical (unpaired) electrons. The minimum absolute atomic E-state index is 0.0108. The zero-order valence-corrected chi connectivity index (χ0v) is 14.5. The molecule has 0 fully saturated rings. The average Bonchev–Trinajstić information content (AvgIpc) is 2.94. The fourth-order valence-electron chi connectivity index (χ4n) is 2.21. The zero-order valence-electron chi connectivity index (χ0n) is 13.7. The standard InChI is InChI=1S/C15H22N4O3S/c1-5-14-17-18-15(22-14)11(3)16-10(2)12-7-6-8-13(9-12)19-23(4,20)21/h6-11,16,19H,5H2,1-4H3/t10-,11-/m0/s1. The Morgan fingerprint density at radius 2 is 1.96 bits per heavy atom. The SMILES string of the molecule is CCc1nnc([C@H](C)N[C@@H](C)c2cccc(NS(C)(=O)=O)c2)o1. The predicted molar refractivity (Wildman–Crippen MR) is 88.6 cm³/mol. The Balaban J connectivity index is 2.07. The lowest BCUT2D eigenvalue weighted by Gasteiger charge is -2.18. The van der Waals surface area contributed by atoms with Crippen molar-refractivity contribution in [2.45, 2.75) is 39.3 Å². The molecule has 23 heavy (non-hydrogen) atoms. The van der Waals surface area contributed by atoms with Crippen LogP contribution in [-0.2, 0) is 16.4 Å².